The molecule has 0 unspecified atom stereocenters. The van der Waals surface area contributed by atoms with Crippen molar-refractivity contribution >= 4 is 23.6 Å². The highest BCUT2D eigenvalue weighted by atomic mass is 35.5. The van der Waals surface area contributed by atoms with Crippen molar-refractivity contribution in [2.45, 2.75) is 6.04 Å². The summed E-state index contributed by atoms with van der Waals surface area (Å²) in [6.07, 6.45) is 1.35. The fraction of sp³-hybridized carbons (Fsp3) is 0.0909. The van der Waals surface area contributed by atoms with Crippen molar-refractivity contribution in [2.75, 3.05) is 0 Å². The molecule has 5 nitrogen and oxygen atoms in total. The zero-order valence-electron chi connectivity index (χ0n) is 8.57. The van der Waals surface area contributed by atoms with E-state index >= 15 is 0 Å². The van der Waals surface area contributed by atoms with E-state index < -0.39 is 18.0 Å². The van der Waals surface area contributed by atoms with Crippen molar-refractivity contribution in [1.82, 2.24) is 10.6 Å². The quantitative estimate of drug-likeness (QED) is 0.795. The van der Waals surface area contributed by atoms with Crippen LogP contribution < -0.4 is 15.7 Å². The molecular formula is C11H8ClN2O3-. The molecular weight excluding hydrogens is 244 g/mol. The Hall–Kier alpha value is -2.01. The lowest BCUT2D eigenvalue weighted by molar-refractivity contribution is -0.299. The first-order valence-corrected chi connectivity index (χ1v) is 5.21. The summed E-state index contributed by atoms with van der Waals surface area (Å²) < 4.78 is 0. The van der Waals surface area contributed by atoms with E-state index in [4.69, 9.17) is 11.6 Å². The third-order valence-electron chi connectivity index (χ3n) is 2.33. The second kappa shape index (κ2) is 4.47. The minimum Gasteiger partial charge on any atom is -0.543 e. The van der Waals surface area contributed by atoms with Crippen molar-refractivity contribution in [2.24, 2.45) is 0 Å². The Kier molecular flexibility index (Phi) is 3.01. The fourth-order valence-corrected chi connectivity index (χ4v) is 1.82. The van der Waals surface area contributed by atoms with Crippen LogP contribution >= 0.6 is 11.6 Å². The van der Waals surface area contributed by atoms with Gasteiger partial charge in [-0.15, -0.1) is 0 Å². The van der Waals surface area contributed by atoms with Crippen LogP contribution in [0.3, 0.4) is 0 Å². The molecule has 0 saturated heterocycles. The van der Waals surface area contributed by atoms with E-state index in [1.165, 1.54) is 6.08 Å². The molecule has 17 heavy (non-hydrogen) atoms. The van der Waals surface area contributed by atoms with Gasteiger partial charge in [0.2, 0.25) is 0 Å². The van der Waals surface area contributed by atoms with Gasteiger partial charge in [0.1, 0.15) is 0 Å². The average Bonchev–Trinajstić information content (AvgIpc) is 2.28. The largest absolute Gasteiger partial charge is 0.543 e. The molecule has 0 bridgehead atoms. The van der Waals surface area contributed by atoms with E-state index in [0.29, 0.717) is 10.6 Å². The molecule has 88 valence electrons. The minimum absolute atomic E-state index is 0.265. The maximum absolute atomic E-state index is 11.3. The van der Waals surface area contributed by atoms with E-state index in [1.807, 2.05) is 0 Å². The van der Waals surface area contributed by atoms with Crippen molar-refractivity contribution in [3.05, 3.63) is 46.6 Å². The number of carboxylic acid groups (broad SMARTS) is 1. The van der Waals surface area contributed by atoms with Crippen LogP contribution in [0.2, 0.25) is 5.02 Å². The van der Waals surface area contributed by atoms with E-state index in [1.54, 1.807) is 24.3 Å². The second-order valence-electron chi connectivity index (χ2n) is 3.47. The van der Waals surface area contributed by atoms with Gasteiger partial charge >= 0.3 is 6.03 Å². The van der Waals surface area contributed by atoms with Gasteiger partial charge in [0.25, 0.3) is 0 Å². The third-order valence-corrected chi connectivity index (χ3v) is 2.67. The highest BCUT2D eigenvalue weighted by Gasteiger charge is 2.21. The van der Waals surface area contributed by atoms with Crippen LogP contribution in [0.4, 0.5) is 4.79 Å². The van der Waals surface area contributed by atoms with Gasteiger partial charge in [0.15, 0.2) is 0 Å². The third kappa shape index (κ3) is 2.39. The number of amides is 2. The van der Waals surface area contributed by atoms with Gasteiger partial charge in [-0.05, 0) is 17.7 Å². The molecule has 1 atom stereocenters. The molecule has 1 aromatic rings. The van der Waals surface area contributed by atoms with Gasteiger partial charge < -0.3 is 20.5 Å². The highest BCUT2D eigenvalue weighted by Crippen LogP contribution is 2.25. The Bertz CT molecular complexity index is 513. The van der Waals surface area contributed by atoms with E-state index in [0.717, 1.165) is 0 Å². The molecule has 2 N–H and O–H groups in total. The predicted molar refractivity (Wildman–Crippen MR) is 59.0 cm³/mol. The Morgan fingerprint density at radius 1 is 1.35 bits per heavy atom. The van der Waals surface area contributed by atoms with Crippen molar-refractivity contribution in [1.29, 1.82) is 0 Å². The van der Waals surface area contributed by atoms with E-state index in [-0.39, 0.29) is 5.70 Å². The molecule has 2 amide bonds. The lowest BCUT2D eigenvalue weighted by Crippen LogP contribution is -2.46. The molecule has 0 aliphatic carbocycles. The lowest BCUT2D eigenvalue weighted by Gasteiger charge is -2.24. The summed E-state index contributed by atoms with van der Waals surface area (Å²) in [5, 5.41) is 15.9. The number of hydrogen-bond acceptors (Lipinski definition) is 3. The summed E-state index contributed by atoms with van der Waals surface area (Å²) in [6.45, 7) is 0. The molecule has 1 heterocycles. The molecule has 0 radical (unpaired) electrons. The number of nitrogens with one attached hydrogen (secondary N) is 2. The number of halogens is 1. The smallest absolute Gasteiger partial charge is 0.320 e. The van der Waals surface area contributed by atoms with Crippen molar-refractivity contribution in [3.63, 3.8) is 0 Å². The second-order valence-corrected chi connectivity index (χ2v) is 3.87. The Morgan fingerprint density at radius 3 is 2.71 bits per heavy atom. The number of carboxylic acids is 1. The van der Waals surface area contributed by atoms with Crippen molar-refractivity contribution < 1.29 is 14.7 Å². The van der Waals surface area contributed by atoms with Crippen LogP contribution in [0.25, 0.3) is 0 Å². The standard InChI is InChI=1S/C11H9ClN2O3/c12-7-4-2-1-3-6(7)8-5-9(10(15)16)14-11(17)13-8/h1-5,8H,(H,15,16)(H2,13,14,17)/p-1/t8-/m1/s1. The maximum Gasteiger partial charge on any atom is 0.320 e. The number of carbonyl (C=O) groups excluding carboxylic acids is 2. The Morgan fingerprint density at radius 2 is 2.06 bits per heavy atom. The molecule has 1 aromatic carbocycles. The van der Waals surface area contributed by atoms with Gasteiger partial charge in [-0.25, -0.2) is 4.79 Å². The van der Waals surface area contributed by atoms with Crippen LogP contribution in [-0.2, 0) is 4.79 Å². The van der Waals surface area contributed by atoms with Gasteiger partial charge in [-0.3, -0.25) is 0 Å². The summed E-state index contributed by atoms with van der Waals surface area (Å²) in [6, 6.07) is 5.70. The molecule has 2 rings (SSSR count). The zero-order valence-corrected chi connectivity index (χ0v) is 9.32. The van der Waals surface area contributed by atoms with Crippen LogP contribution in [0.15, 0.2) is 36.0 Å². The van der Waals surface area contributed by atoms with Crippen molar-refractivity contribution in [3.8, 4) is 0 Å². The topological polar surface area (TPSA) is 81.3 Å². The van der Waals surface area contributed by atoms with Crippen LogP contribution in [-0.4, -0.2) is 12.0 Å². The summed E-state index contributed by atoms with van der Waals surface area (Å²) in [5.41, 5.74) is 0.362. The molecule has 0 saturated carbocycles. The molecule has 0 aromatic heterocycles. The molecule has 6 heteroatoms. The van der Waals surface area contributed by atoms with Gasteiger partial charge in [0, 0.05) is 5.02 Å². The summed E-state index contributed by atoms with van der Waals surface area (Å²) >= 11 is 5.97. The van der Waals surface area contributed by atoms with E-state index in [9.17, 15) is 14.7 Å². The summed E-state index contributed by atoms with van der Waals surface area (Å²) in [4.78, 5) is 22.0. The Labute approximate surface area is 102 Å². The SMILES string of the molecule is O=C1NC(C(=O)[O-])=C[C@H](c2ccccc2Cl)N1. The molecule has 1 aliphatic rings. The number of carbonyl (C=O) groups is 2. The average molecular weight is 252 g/mol. The number of urea groups is 1. The predicted octanol–water partition coefficient (Wildman–Crippen LogP) is 0.328. The van der Waals surface area contributed by atoms with Gasteiger partial charge in [-0.1, -0.05) is 29.8 Å². The zero-order chi connectivity index (χ0) is 12.4. The first-order valence-electron chi connectivity index (χ1n) is 4.83. The first-order chi connectivity index (χ1) is 8.08. The number of rotatable bonds is 2. The normalized spacial score (nSPS) is 19.0. The first kappa shape index (κ1) is 11.5. The summed E-state index contributed by atoms with van der Waals surface area (Å²) in [7, 11) is 0. The van der Waals surface area contributed by atoms with Crippen LogP contribution in [0.5, 0.6) is 0 Å². The molecule has 0 spiro atoms. The van der Waals surface area contributed by atoms with Gasteiger partial charge in [0.05, 0.1) is 17.7 Å². The monoisotopic (exact) mass is 251 g/mol. The minimum atomic E-state index is -1.43. The number of hydrogen-bond donors (Lipinski definition) is 2. The van der Waals surface area contributed by atoms with E-state index in [2.05, 4.69) is 10.6 Å². The fourth-order valence-electron chi connectivity index (χ4n) is 1.56. The number of aliphatic carboxylic acids is 1. The Balaban J connectivity index is 2.39. The number of benzene rings is 1. The van der Waals surface area contributed by atoms with Crippen LogP contribution in [0, 0.1) is 0 Å². The van der Waals surface area contributed by atoms with Gasteiger partial charge in [-0.2, -0.15) is 0 Å². The lowest BCUT2D eigenvalue weighted by atomic mass is 10.0. The molecule has 1 aliphatic heterocycles. The highest BCUT2D eigenvalue weighted by molar-refractivity contribution is 6.31. The van der Waals surface area contributed by atoms with Crippen LogP contribution in [0.1, 0.15) is 11.6 Å². The summed E-state index contributed by atoms with van der Waals surface area (Å²) in [5.74, 6) is -1.43. The maximum atomic E-state index is 11.3. The molecule has 0 fully saturated rings.